The zero-order valence-electron chi connectivity index (χ0n) is 20.1. The van der Waals surface area contributed by atoms with Crippen LogP contribution >= 0.6 is 7.26 Å². The predicted molar refractivity (Wildman–Crippen MR) is 146 cm³/mol. The first-order valence-electron chi connectivity index (χ1n) is 12.9. The van der Waals surface area contributed by atoms with Crippen molar-refractivity contribution in [2.24, 2.45) is 0 Å². The molecule has 0 aliphatic heterocycles. The third kappa shape index (κ3) is 7.05. The number of unbranched alkanes of at least 4 members (excludes halogenated alkanes) is 10. The zero-order chi connectivity index (χ0) is 22.3. The van der Waals surface area contributed by atoms with Gasteiger partial charge in [0, 0.05) is 0 Å². The fourth-order valence-corrected chi connectivity index (χ4v) is 9.31. The highest BCUT2D eigenvalue weighted by Gasteiger charge is 2.44. The summed E-state index contributed by atoms with van der Waals surface area (Å²) in [6.07, 6.45) is 16.6. The van der Waals surface area contributed by atoms with Crippen LogP contribution in [0, 0.1) is 0 Å². The summed E-state index contributed by atoms with van der Waals surface area (Å²) in [5, 5.41) is 4.55. The van der Waals surface area contributed by atoms with Crippen LogP contribution in [-0.4, -0.2) is 6.16 Å². The van der Waals surface area contributed by atoms with Gasteiger partial charge in [-0.2, -0.15) is 0 Å². The van der Waals surface area contributed by atoms with Crippen LogP contribution in [0.15, 0.2) is 91.0 Å². The van der Waals surface area contributed by atoms with E-state index in [1.807, 2.05) is 0 Å². The number of rotatable bonds is 15. The van der Waals surface area contributed by atoms with Gasteiger partial charge in [0.15, 0.2) is 0 Å². The van der Waals surface area contributed by atoms with E-state index in [2.05, 4.69) is 97.9 Å². The fourth-order valence-electron chi connectivity index (χ4n) is 4.90. The summed E-state index contributed by atoms with van der Waals surface area (Å²) in [5.41, 5.74) is 0. The molecule has 0 radical (unpaired) electrons. The lowest BCUT2D eigenvalue weighted by Crippen LogP contribution is -2.33. The van der Waals surface area contributed by atoms with Crippen molar-refractivity contribution in [2.45, 2.75) is 77.6 Å². The SMILES string of the molecule is CCCCCCCCCCCCC[P+](c1ccccc1)(c1ccccc1)c1ccccc1. The Morgan fingerprint density at radius 3 is 1.06 bits per heavy atom. The third-order valence-electron chi connectivity index (χ3n) is 6.69. The van der Waals surface area contributed by atoms with Gasteiger partial charge < -0.3 is 0 Å². The molecule has 0 aliphatic rings. The van der Waals surface area contributed by atoms with Crippen LogP contribution in [-0.2, 0) is 0 Å². The first-order chi connectivity index (χ1) is 15.9. The summed E-state index contributed by atoms with van der Waals surface area (Å²) in [6.45, 7) is 2.30. The second-order valence-corrected chi connectivity index (χ2v) is 12.7. The van der Waals surface area contributed by atoms with Crippen LogP contribution in [0.5, 0.6) is 0 Å². The molecule has 0 atom stereocenters. The van der Waals surface area contributed by atoms with Crippen molar-refractivity contribution in [1.82, 2.24) is 0 Å². The first-order valence-corrected chi connectivity index (χ1v) is 14.9. The summed E-state index contributed by atoms with van der Waals surface area (Å²) in [4.78, 5) is 0. The highest BCUT2D eigenvalue weighted by atomic mass is 31.2. The molecule has 0 fully saturated rings. The maximum atomic E-state index is 2.37. The van der Waals surface area contributed by atoms with Crippen molar-refractivity contribution < 1.29 is 0 Å². The van der Waals surface area contributed by atoms with Gasteiger partial charge in [-0.25, -0.2) is 0 Å². The van der Waals surface area contributed by atoms with Gasteiger partial charge in [0.1, 0.15) is 23.2 Å². The highest BCUT2D eigenvalue weighted by Crippen LogP contribution is 2.55. The molecular weight excluding hydrogens is 403 g/mol. The van der Waals surface area contributed by atoms with E-state index in [0.717, 1.165) is 0 Å². The Kier molecular flexibility index (Phi) is 11.0. The number of benzene rings is 3. The van der Waals surface area contributed by atoms with E-state index in [-0.39, 0.29) is 0 Å². The van der Waals surface area contributed by atoms with Crippen molar-refractivity contribution in [3.8, 4) is 0 Å². The zero-order valence-corrected chi connectivity index (χ0v) is 21.0. The normalized spacial score (nSPS) is 11.5. The molecular formula is C31H42P+. The number of hydrogen-bond donors (Lipinski definition) is 0. The van der Waals surface area contributed by atoms with Gasteiger partial charge in [0.25, 0.3) is 0 Å². The summed E-state index contributed by atoms with van der Waals surface area (Å²) < 4.78 is 0. The van der Waals surface area contributed by atoms with Crippen molar-refractivity contribution in [1.29, 1.82) is 0 Å². The van der Waals surface area contributed by atoms with Crippen LogP contribution in [0.4, 0.5) is 0 Å². The first kappa shape index (κ1) is 24.7. The average molecular weight is 446 g/mol. The molecule has 0 unspecified atom stereocenters. The molecule has 170 valence electrons. The molecule has 0 N–H and O–H groups in total. The molecule has 0 nitrogen and oxygen atoms in total. The van der Waals surface area contributed by atoms with E-state index >= 15 is 0 Å². The van der Waals surface area contributed by atoms with E-state index in [0.29, 0.717) is 0 Å². The minimum Gasteiger partial charge on any atom is -0.0654 e. The summed E-state index contributed by atoms with van der Waals surface area (Å²) in [6, 6.07) is 34.0. The summed E-state index contributed by atoms with van der Waals surface area (Å²) >= 11 is 0. The monoisotopic (exact) mass is 445 g/mol. The van der Waals surface area contributed by atoms with E-state index in [9.17, 15) is 0 Å². The lowest BCUT2D eigenvalue weighted by molar-refractivity contribution is 0.555. The Hall–Kier alpha value is -1.91. The van der Waals surface area contributed by atoms with Gasteiger partial charge in [-0.15, -0.1) is 0 Å². The Balaban J connectivity index is 1.64. The largest absolute Gasteiger partial charge is 0.112 e. The molecule has 0 amide bonds. The third-order valence-corrected chi connectivity index (χ3v) is 11.2. The molecule has 0 saturated carbocycles. The number of hydrogen-bond acceptors (Lipinski definition) is 0. The lowest BCUT2D eigenvalue weighted by Gasteiger charge is -2.27. The van der Waals surface area contributed by atoms with Gasteiger partial charge in [0.2, 0.25) is 0 Å². The van der Waals surface area contributed by atoms with Crippen molar-refractivity contribution in [3.63, 3.8) is 0 Å². The Labute approximate surface area is 197 Å². The maximum Gasteiger partial charge on any atom is 0.112 e. The van der Waals surface area contributed by atoms with Crippen molar-refractivity contribution >= 4 is 23.2 Å². The smallest absolute Gasteiger partial charge is 0.0654 e. The van der Waals surface area contributed by atoms with Crippen LogP contribution in [0.3, 0.4) is 0 Å². The Bertz CT molecular complexity index is 745. The Morgan fingerprint density at radius 2 is 0.719 bits per heavy atom. The van der Waals surface area contributed by atoms with Crippen molar-refractivity contribution in [2.75, 3.05) is 6.16 Å². The Morgan fingerprint density at radius 1 is 0.406 bits per heavy atom. The topological polar surface area (TPSA) is 0 Å². The lowest BCUT2D eigenvalue weighted by atomic mass is 10.1. The van der Waals surface area contributed by atoms with E-state index < -0.39 is 7.26 Å². The molecule has 0 bridgehead atoms. The van der Waals surface area contributed by atoms with Crippen molar-refractivity contribution in [3.05, 3.63) is 91.0 Å². The summed E-state index contributed by atoms with van der Waals surface area (Å²) in [7, 11) is -1.63. The maximum absolute atomic E-state index is 2.37. The van der Waals surface area contributed by atoms with E-state index in [4.69, 9.17) is 0 Å². The van der Waals surface area contributed by atoms with Gasteiger partial charge >= 0.3 is 0 Å². The second kappa shape index (κ2) is 14.3. The molecule has 3 aromatic carbocycles. The molecule has 0 saturated heterocycles. The van der Waals surface area contributed by atoms with Gasteiger partial charge in [-0.3, -0.25) is 0 Å². The van der Waals surface area contributed by atoms with E-state index in [1.54, 1.807) is 0 Å². The van der Waals surface area contributed by atoms with Gasteiger partial charge in [-0.05, 0) is 49.2 Å². The standard InChI is InChI=1S/C31H42P/c1-2-3-4-5-6-7-8-9-10-11-21-28-32(29-22-15-12-16-23-29,30-24-17-13-18-25-30)31-26-19-14-20-27-31/h12-20,22-27H,2-11,21,28H2,1H3/q+1. The fraction of sp³-hybridized carbons (Fsp3) is 0.419. The summed E-state index contributed by atoms with van der Waals surface area (Å²) in [5.74, 6) is 0. The highest BCUT2D eigenvalue weighted by molar-refractivity contribution is 7.95. The molecule has 0 aromatic heterocycles. The molecule has 1 heteroatoms. The quantitative estimate of drug-likeness (QED) is 0.163. The van der Waals surface area contributed by atoms with Gasteiger partial charge in [0.05, 0.1) is 6.16 Å². The molecule has 3 rings (SSSR count). The minimum atomic E-state index is -1.63. The molecule has 3 aromatic rings. The molecule has 32 heavy (non-hydrogen) atoms. The molecule has 0 heterocycles. The molecule has 0 spiro atoms. The van der Waals surface area contributed by atoms with E-state index in [1.165, 1.54) is 92.7 Å². The average Bonchev–Trinajstić information content (AvgIpc) is 2.87. The van der Waals surface area contributed by atoms with Crippen LogP contribution in [0.1, 0.15) is 77.6 Å². The van der Waals surface area contributed by atoms with Crippen LogP contribution in [0.2, 0.25) is 0 Å². The predicted octanol–water partition coefficient (Wildman–Crippen LogP) is 8.29. The molecule has 0 aliphatic carbocycles. The minimum absolute atomic E-state index is 1.27. The van der Waals surface area contributed by atoms with Gasteiger partial charge in [-0.1, -0.05) is 119 Å². The second-order valence-electron chi connectivity index (χ2n) is 9.08. The van der Waals surface area contributed by atoms with Crippen LogP contribution in [0.25, 0.3) is 0 Å². The van der Waals surface area contributed by atoms with Crippen LogP contribution < -0.4 is 15.9 Å².